The number of aromatic hydroxyl groups is 1. The number of rotatable bonds is 5. The summed E-state index contributed by atoms with van der Waals surface area (Å²) >= 11 is 3.29. The molecule has 124 valence electrons. The van der Waals surface area contributed by atoms with E-state index in [9.17, 15) is 14.7 Å². The average molecular weight is 390 g/mol. The van der Waals surface area contributed by atoms with Crippen LogP contribution in [-0.4, -0.2) is 29.2 Å². The van der Waals surface area contributed by atoms with Gasteiger partial charge in [0, 0.05) is 4.47 Å². The first-order chi connectivity index (χ1) is 11.5. The second-order valence-corrected chi connectivity index (χ2v) is 5.86. The monoisotopic (exact) mass is 389 g/mol. The van der Waals surface area contributed by atoms with Crippen LogP contribution in [0.2, 0.25) is 0 Å². The first kappa shape index (κ1) is 17.7. The molecular formula is C17H16BrN3O3. The third-order valence-electron chi connectivity index (χ3n) is 3.14. The molecule has 7 heteroatoms. The Hall–Kier alpha value is -2.67. The van der Waals surface area contributed by atoms with Crippen LogP contribution in [0.3, 0.4) is 0 Å². The lowest BCUT2D eigenvalue weighted by molar-refractivity contribution is -0.122. The zero-order valence-electron chi connectivity index (χ0n) is 12.9. The molecule has 0 radical (unpaired) electrons. The van der Waals surface area contributed by atoms with Crippen LogP contribution >= 0.6 is 15.9 Å². The highest BCUT2D eigenvalue weighted by Crippen LogP contribution is 2.15. The predicted molar refractivity (Wildman–Crippen MR) is 94.9 cm³/mol. The lowest BCUT2D eigenvalue weighted by Crippen LogP contribution is -2.43. The standard InChI is InChI=1S/C17H16BrN3O3/c1-11(20-17(24)14-4-2-3-5-15(14)18)16(23)21-19-10-12-6-8-13(22)9-7-12/h2-11,22H,1H3,(H,20,24)(H,21,23). The molecule has 2 amide bonds. The van der Waals surface area contributed by atoms with Crippen molar-refractivity contribution in [1.82, 2.24) is 10.7 Å². The molecule has 0 aliphatic rings. The number of hydrogen-bond donors (Lipinski definition) is 3. The van der Waals surface area contributed by atoms with Gasteiger partial charge in [-0.15, -0.1) is 0 Å². The van der Waals surface area contributed by atoms with Gasteiger partial charge in [-0.05, 0) is 64.8 Å². The fourth-order valence-electron chi connectivity index (χ4n) is 1.81. The van der Waals surface area contributed by atoms with E-state index in [-0.39, 0.29) is 11.7 Å². The Morgan fingerprint density at radius 2 is 1.83 bits per heavy atom. The van der Waals surface area contributed by atoms with Crippen LogP contribution < -0.4 is 10.7 Å². The van der Waals surface area contributed by atoms with Crippen molar-refractivity contribution in [2.24, 2.45) is 5.10 Å². The Kier molecular flexibility index (Phi) is 6.08. The molecule has 2 aromatic rings. The summed E-state index contributed by atoms with van der Waals surface area (Å²) in [6.07, 6.45) is 1.44. The number of phenolic OH excluding ortho intramolecular Hbond substituents is 1. The molecule has 1 atom stereocenters. The summed E-state index contributed by atoms with van der Waals surface area (Å²) in [5.74, 6) is -0.641. The van der Waals surface area contributed by atoms with E-state index in [0.717, 1.165) is 5.56 Å². The number of halogens is 1. The smallest absolute Gasteiger partial charge is 0.262 e. The van der Waals surface area contributed by atoms with Crippen LogP contribution in [0, 0.1) is 0 Å². The van der Waals surface area contributed by atoms with Crippen LogP contribution in [0.1, 0.15) is 22.8 Å². The van der Waals surface area contributed by atoms with Crippen molar-refractivity contribution in [2.45, 2.75) is 13.0 Å². The number of phenols is 1. The zero-order chi connectivity index (χ0) is 17.5. The molecule has 6 nitrogen and oxygen atoms in total. The van der Waals surface area contributed by atoms with Gasteiger partial charge in [-0.2, -0.15) is 5.10 Å². The van der Waals surface area contributed by atoms with Crippen LogP contribution in [0.4, 0.5) is 0 Å². The lowest BCUT2D eigenvalue weighted by Gasteiger charge is -2.12. The molecule has 2 aromatic carbocycles. The highest BCUT2D eigenvalue weighted by atomic mass is 79.9. The number of carbonyl (C=O) groups excluding carboxylic acids is 2. The fourth-order valence-corrected chi connectivity index (χ4v) is 2.28. The van der Waals surface area contributed by atoms with Crippen molar-refractivity contribution in [3.8, 4) is 5.75 Å². The van der Waals surface area contributed by atoms with Gasteiger partial charge in [0.1, 0.15) is 11.8 Å². The van der Waals surface area contributed by atoms with Crippen LogP contribution in [0.5, 0.6) is 5.75 Å². The molecule has 0 aliphatic heterocycles. The van der Waals surface area contributed by atoms with E-state index in [1.165, 1.54) is 18.3 Å². The maximum atomic E-state index is 12.1. The number of hydrazone groups is 1. The van der Waals surface area contributed by atoms with Crippen LogP contribution in [0.15, 0.2) is 58.1 Å². The van der Waals surface area contributed by atoms with E-state index in [1.807, 2.05) is 0 Å². The summed E-state index contributed by atoms with van der Waals surface area (Å²) in [6, 6.07) is 12.6. The van der Waals surface area contributed by atoms with Crippen LogP contribution in [-0.2, 0) is 4.79 Å². The number of amides is 2. The van der Waals surface area contributed by atoms with Gasteiger partial charge in [-0.3, -0.25) is 9.59 Å². The third-order valence-corrected chi connectivity index (χ3v) is 3.83. The zero-order valence-corrected chi connectivity index (χ0v) is 14.4. The Morgan fingerprint density at radius 3 is 2.50 bits per heavy atom. The minimum Gasteiger partial charge on any atom is -0.508 e. The molecule has 0 heterocycles. The van der Waals surface area contributed by atoms with Gasteiger partial charge in [-0.25, -0.2) is 5.43 Å². The van der Waals surface area contributed by atoms with E-state index in [4.69, 9.17) is 0 Å². The molecule has 0 saturated carbocycles. The predicted octanol–water partition coefficient (Wildman–Crippen LogP) is 2.42. The fraction of sp³-hybridized carbons (Fsp3) is 0.118. The molecule has 0 aromatic heterocycles. The second kappa shape index (κ2) is 8.26. The van der Waals surface area contributed by atoms with E-state index < -0.39 is 11.9 Å². The number of nitrogens with zero attached hydrogens (tertiary/aromatic N) is 1. The topological polar surface area (TPSA) is 90.8 Å². The Bertz CT molecular complexity index is 760. The molecule has 0 spiro atoms. The molecule has 0 bridgehead atoms. The van der Waals surface area contributed by atoms with Crippen molar-refractivity contribution in [1.29, 1.82) is 0 Å². The van der Waals surface area contributed by atoms with Gasteiger partial charge in [0.05, 0.1) is 11.8 Å². The van der Waals surface area contributed by atoms with Crippen LogP contribution in [0.25, 0.3) is 0 Å². The summed E-state index contributed by atoms with van der Waals surface area (Å²) in [5.41, 5.74) is 3.53. The molecule has 3 N–H and O–H groups in total. The average Bonchev–Trinajstić information content (AvgIpc) is 2.56. The molecule has 24 heavy (non-hydrogen) atoms. The number of nitrogens with one attached hydrogen (secondary N) is 2. The van der Waals surface area contributed by atoms with Gasteiger partial charge < -0.3 is 10.4 Å². The highest BCUT2D eigenvalue weighted by Gasteiger charge is 2.17. The van der Waals surface area contributed by atoms with Crippen molar-refractivity contribution < 1.29 is 14.7 Å². The van der Waals surface area contributed by atoms with E-state index in [2.05, 4.69) is 31.8 Å². The molecule has 0 saturated heterocycles. The van der Waals surface area contributed by atoms with Gasteiger partial charge in [0.15, 0.2) is 0 Å². The second-order valence-electron chi connectivity index (χ2n) is 5.00. The van der Waals surface area contributed by atoms with Gasteiger partial charge in [0.25, 0.3) is 11.8 Å². The maximum absolute atomic E-state index is 12.1. The summed E-state index contributed by atoms with van der Waals surface area (Å²) in [5, 5.41) is 15.6. The summed E-state index contributed by atoms with van der Waals surface area (Å²) in [4.78, 5) is 24.1. The number of hydrogen-bond acceptors (Lipinski definition) is 4. The molecule has 1 unspecified atom stereocenters. The van der Waals surface area contributed by atoms with E-state index in [0.29, 0.717) is 10.0 Å². The Labute approximate surface area is 147 Å². The van der Waals surface area contributed by atoms with Crippen molar-refractivity contribution >= 4 is 34.0 Å². The van der Waals surface area contributed by atoms with Crippen molar-refractivity contribution in [3.05, 3.63) is 64.1 Å². The van der Waals surface area contributed by atoms with Gasteiger partial charge >= 0.3 is 0 Å². The SMILES string of the molecule is CC(NC(=O)c1ccccc1Br)C(=O)NN=Cc1ccc(O)cc1. The first-order valence-corrected chi connectivity index (χ1v) is 7.94. The Balaban J connectivity index is 1.89. The summed E-state index contributed by atoms with van der Waals surface area (Å²) < 4.78 is 0.653. The molecular weight excluding hydrogens is 374 g/mol. The lowest BCUT2D eigenvalue weighted by atomic mass is 10.2. The molecule has 0 aliphatic carbocycles. The minimum absolute atomic E-state index is 0.152. The first-order valence-electron chi connectivity index (χ1n) is 7.14. The summed E-state index contributed by atoms with van der Waals surface area (Å²) in [6.45, 7) is 1.57. The van der Waals surface area contributed by atoms with Crippen molar-refractivity contribution in [2.75, 3.05) is 0 Å². The maximum Gasteiger partial charge on any atom is 0.262 e. The Morgan fingerprint density at radius 1 is 1.17 bits per heavy atom. The van der Waals surface area contributed by atoms with E-state index >= 15 is 0 Å². The number of carbonyl (C=O) groups is 2. The normalized spacial score (nSPS) is 11.9. The molecule has 2 rings (SSSR count). The number of benzene rings is 2. The van der Waals surface area contributed by atoms with E-state index in [1.54, 1.807) is 43.3 Å². The largest absolute Gasteiger partial charge is 0.508 e. The van der Waals surface area contributed by atoms with Gasteiger partial charge in [-0.1, -0.05) is 12.1 Å². The third kappa shape index (κ3) is 4.92. The molecule has 0 fully saturated rings. The van der Waals surface area contributed by atoms with Gasteiger partial charge in [0.2, 0.25) is 0 Å². The highest BCUT2D eigenvalue weighted by molar-refractivity contribution is 9.10. The summed E-state index contributed by atoms with van der Waals surface area (Å²) in [7, 11) is 0. The quantitative estimate of drug-likeness (QED) is 0.541. The van der Waals surface area contributed by atoms with Crippen molar-refractivity contribution in [3.63, 3.8) is 0 Å². The minimum atomic E-state index is -0.749.